The Morgan fingerprint density at radius 2 is 1.57 bits per heavy atom. The third-order valence-corrected chi connectivity index (χ3v) is 9.96. The SMILES string of the molecule is CC(=O)C(C)c1ccc(N(Cc2ccccc2)C2CCN(C3(C)CCN(C(O)c4c(C)ncnc4C)CC3)CC2)cc1. The molecule has 3 heterocycles. The zero-order valence-electron chi connectivity index (χ0n) is 26.0. The molecule has 2 unspecified atom stereocenters. The average Bonchev–Trinajstić information content (AvgIpc) is 3.00. The summed E-state index contributed by atoms with van der Waals surface area (Å²) in [5.41, 5.74) is 6.31. The summed E-state index contributed by atoms with van der Waals surface area (Å²) < 4.78 is 0. The van der Waals surface area contributed by atoms with Gasteiger partial charge in [0, 0.05) is 72.9 Å². The number of piperidine rings is 2. The van der Waals surface area contributed by atoms with Gasteiger partial charge in [-0.2, -0.15) is 0 Å². The minimum absolute atomic E-state index is 0.0767. The van der Waals surface area contributed by atoms with Gasteiger partial charge in [0.1, 0.15) is 18.3 Å². The molecule has 2 aromatic carbocycles. The van der Waals surface area contributed by atoms with E-state index in [1.807, 2.05) is 20.8 Å². The zero-order valence-corrected chi connectivity index (χ0v) is 26.0. The number of aromatic nitrogens is 2. The van der Waals surface area contributed by atoms with E-state index < -0.39 is 6.23 Å². The smallest absolute Gasteiger partial charge is 0.137 e. The molecule has 5 rings (SSSR count). The quantitative estimate of drug-likeness (QED) is 0.349. The number of ketones is 1. The van der Waals surface area contributed by atoms with Gasteiger partial charge in [-0.15, -0.1) is 0 Å². The predicted molar refractivity (Wildman–Crippen MR) is 168 cm³/mol. The van der Waals surface area contributed by atoms with Crippen LogP contribution in [0.5, 0.6) is 0 Å². The van der Waals surface area contributed by atoms with Crippen LogP contribution in [0, 0.1) is 13.8 Å². The minimum atomic E-state index is -0.655. The van der Waals surface area contributed by atoms with E-state index in [1.165, 1.54) is 11.3 Å². The van der Waals surface area contributed by atoms with E-state index in [0.29, 0.717) is 6.04 Å². The van der Waals surface area contributed by atoms with Gasteiger partial charge >= 0.3 is 0 Å². The molecule has 2 saturated heterocycles. The number of hydrogen-bond acceptors (Lipinski definition) is 7. The average molecular weight is 570 g/mol. The molecule has 224 valence electrons. The Balaban J connectivity index is 1.24. The first-order valence-corrected chi connectivity index (χ1v) is 15.5. The van der Waals surface area contributed by atoms with Crippen molar-refractivity contribution in [3.63, 3.8) is 0 Å². The first-order chi connectivity index (χ1) is 20.2. The highest BCUT2D eigenvalue weighted by molar-refractivity contribution is 5.83. The molecule has 2 aliphatic rings. The summed E-state index contributed by atoms with van der Waals surface area (Å²) >= 11 is 0. The lowest BCUT2D eigenvalue weighted by Crippen LogP contribution is -2.57. The summed E-state index contributed by atoms with van der Waals surface area (Å²) in [6, 6.07) is 19.8. The molecule has 0 amide bonds. The number of likely N-dealkylation sites (tertiary alicyclic amines) is 2. The fourth-order valence-corrected chi connectivity index (χ4v) is 6.84. The van der Waals surface area contributed by atoms with Crippen LogP contribution in [0.4, 0.5) is 5.69 Å². The number of anilines is 1. The fourth-order valence-electron chi connectivity index (χ4n) is 6.84. The Bertz CT molecular complexity index is 1310. The zero-order chi connectivity index (χ0) is 29.9. The number of carbonyl (C=O) groups excluding carboxylic acids is 1. The van der Waals surface area contributed by atoms with E-state index >= 15 is 0 Å². The Hall–Kier alpha value is -3.13. The topological polar surface area (TPSA) is 72.8 Å². The van der Waals surface area contributed by atoms with E-state index in [9.17, 15) is 9.90 Å². The van der Waals surface area contributed by atoms with E-state index in [0.717, 1.165) is 80.9 Å². The summed E-state index contributed by atoms with van der Waals surface area (Å²) in [4.78, 5) is 28.1. The molecule has 7 nitrogen and oxygen atoms in total. The molecule has 1 N–H and O–H groups in total. The van der Waals surface area contributed by atoms with Gasteiger partial charge in [-0.1, -0.05) is 49.4 Å². The fraction of sp³-hybridized carbons (Fsp3) is 0.514. The maximum absolute atomic E-state index is 11.9. The van der Waals surface area contributed by atoms with Crippen LogP contribution in [-0.2, 0) is 11.3 Å². The number of aryl methyl sites for hydroxylation is 2. The highest BCUT2D eigenvalue weighted by Crippen LogP contribution is 2.36. The van der Waals surface area contributed by atoms with Crippen LogP contribution in [0.1, 0.15) is 86.7 Å². The molecule has 0 radical (unpaired) electrons. The van der Waals surface area contributed by atoms with Crippen molar-refractivity contribution in [2.45, 2.75) is 90.6 Å². The number of aliphatic hydroxyl groups excluding tert-OH is 1. The lowest BCUT2D eigenvalue weighted by Gasteiger charge is -2.51. The van der Waals surface area contributed by atoms with Gasteiger partial charge in [0.05, 0.1) is 0 Å². The summed E-state index contributed by atoms with van der Waals surface area (Å²) in [6.45, 7) is 14.7. The Labute approximate surface area is 251 Å². The largest absolute Gasteiger partial charge is 0.374 e. The Morgan fingerprint density at radius 1 is 0.976 bits per heavy atom. The third kappa shape index (κ3) is 6.59. The van der Waals surface area contributed by atoms with Crippen LogP contribution in [-0.4, -0.2) is 68.4 Å². The second-order valence-corrected chi connectivity index (χ2v) is 12.6. The molecule has 0 aliphatic carbocycles. The molecule has 1 aromatic heterocycles. The van der Waals surface area contributed by atoms with E-state index in [-0.39, 0.29) is 17.2 Å². The summed E-state index contributed by atoms with van der Waals surface area (Å²) in [6.07, 6.45) is 5.20. The molecule has 2 fully saturated rings. The van der Waals surface area contributed by atoms with Crippen LogP contribution < -0.4 is 4.90 Å². The van der Waals surface area contributed by atoms with Crippen LogP contribution in [0.15, 0.2) is 60.9 Å². The van der Waals surface area contributed by atoms with Gasteiger partial charge in [-0.3, -0.25) is 14.6 Å². The first-order valence-electron chi connectivity index (χ1n) is 15.5. The van der Waals surface area contributed by atoms with Crippen LogP contribution in [0.25, 0.3) is 0 Å². The van der Waals surface area contributed by atoms with Crippen LogP contribution in [0.2, 0.25) is 0 Å². The lowest BCUT2D eigenvalue weighted by molar-refractivity contribution is -0.118. The highest BCUT2D eigenvalue weighted by Gasteiger charge is 2.40. The predicted octanol–water partition coefficient (Wildman–Crippen LogP) is 5.80. The second-order valence-electron chi connectivity index (χ2n) is 12.6. The number of benzene rings is 2. The van der Waals surface area contributed by atoms with Crippen molar-refractivity contribution in [3.05, 3.63) is 89.0 Å². The standard InChI is InChI=1S/C35H47N5O2/c1-25(28(4)41)30-11-13-31(14-12-30)40(23-29-9-7-6-8-10-29)32-15-19-39(20-16-32)35(5)17-21-38(22-18-35)34(42)33-26(2)36-24-37-27(33)3/h6-14,24-25,32,34,42H,15-23H2,1-5H3. The van der Waals surface area contributed by atoms with Crippen molar-refractivity contribution in [1.82, 2.24) is 19.8 Å². The van der Waals surface area contributed by atoms with Crippen molar-refractivity contribution >= 4 is 11.5 Å². The number of rotatable bonds is 9. The van der Waals surface area contributed by atoms with Gasteiger partial charge in [0.25, 0.3) is 0 Å². The first kappa shape index (κ1) is 30.3. The number of aliphatic hydroxyl groups is 1. The van der Waals surface area contributed by atoms with Gasteiger partial charge in [0.2, 0.25) is 0 Å². The summed E-state index contributed by atoms with van der Waals surface area (Å²) in [5.74, 6) is 0.122. The van der Waals surface area contributed by atoms with Gasteiger partial charge in [-0.05, 0) is 76.6 Å². The monoisotopic (exact) mass is 569 g/mol. The third-order valence-electron chi connectivity index (χ3n) is 9.96. The molecular weight excluding hydrogens is 522 g/mol. The van der Waals surface area contributed by atoms with E-state index in [4.69, 9.17) is 0 Å². The second kappa shape index (κ2) is 13.0. The van der Waals surface area contributed by atoms with Gasteiger partial charge in [0.15, 0.2) is 0 Å². The highest BCUT2D eigenvalue weighted by atomic mass is 16.3. The number of hydrogen-bond donors (Lipinski definition) is 1. The molecular formula is C35H47N5O2. The van der Waals surface area contributed by atoms with Crippen molar-refractivity contribution < 1.29 is 9.90 Å². The van der Waals surface area contributed by atoms with Crippen LogP contribution in [0.3, 0.4) is 0 Å². The molecule has 3 aromatic rings. The van der Waals surface area contributed by atoms with Crippen molar-refractivity contribution in [3.8, 4) is 0 Å². The summed E-state index contributed by atoms with van der Waals surface area (Å²) in [7, 11) is 0. The minimum Gasteiger partial charge on any atom is -0.374 e. The van der Waals surface area contributed by atoms with Crippen molar-refractivity contribution in [2.75, 3.05) is 31.1 Å². The molecule has 0 saturated carbocycles. The molecule has 2 atom stereocenters. The lowest BCUT2D eigenvalue weighted by atomic mass is 9.85. The maximum atomic E-state index is 11.9. The molecule has 0 spiro atoms. The van der Waals surface area contributed by atoms with Crippen LogP contribution >= 0.6 is 0 Å². The number of nitrogens with zero attached hydrogens (tertiary/aromatic N) is 5. The van der Waals surface area contributed by atoms with E-state index in [2.05, 4.69) is 86.2 Å². The van der Waals surface area contributed by atoms with Gasteiger partial charge < -0.3 is 10.0 Å². The molecule has 2 aliphatic heterocycles. The molecule has 42 heavy (non-hydrogen) atoms. The normalized spacial score (nSPS) is 19.8. The number of Topliss-reactive ketones (excluding diaryl/α,β-unsaturated/α-hetero) is 1. The summed E-state index contributed by atoms with van der Waals surface area (Å²) in [5, 5.41) is 11.2. The maximum Gasteiger partial charge on any atom is 0.137 e. The number of carbonyl (C=O) groups is 1. The molecule has 7 heteroatoms. The Kier molecular flexibility index (Phi) is 9.41. The Morgan fingerprint density at radius 3 is 2.14 bits per heavy atom. The van der Waals surface area contributed by atoms with Crippen molar-refractivity contribution in [2.24, 2.45) is 0 Å². The molecule has 0 bridgehead atoms. The van der Waals surface area contributed by atoms with Gasteiger partial charge in [-0.25, -0.2) is 9.97 Å². The van der Waals surface area contributed by atoms with E-state index in [1.54, 1.807) is 13.3 Å². The van der Waals surface area contributed by atoms with Crippen molar-refractivity contribution in [1.29, 1.82) is 0 Å².